The van der Waals surface area contributed by atoms with Crippen LogP contribution in [-0.4, -0.2) is 64.8 Å². The highest BCUT2D eigenvalue weighted by Crippen LogP contribution is 2.23. The van der Waals surface area contributed by atoms with Gasteiger partial charge in [-0.25, -0.2) is 8.42 Å². The molecule has 0 spiro atoms. The summed E-state index contributed by atoms with van der Waals surface area (Å²) in [6.45, 7) is 4.74. The number of hydrogen-bond donors (Lipinski definition) is 0. The zero-order chi connectivity index (χ0) is 22.4. The summed E-state index contributed by atoms with van der Waals surface area (Å²) in [7, 11) is -3.62. The molecule has 0 bridgehead atoms. The fourth-order valence-corrected chi connectivity index (χ4v) is 4.47. The second kappa shape index (κ2) is 10.2. The van der Waals surface area contributed by atoms with Gasteiger partial charge in [0, 0.05) is 36.9 Å². The van der Waals surface area contributed by atoms with Crippen molar-refractivity contribution in [3.63, 3.8) is 0 Å². The maximum atomic E-state index is 12.9. The Morgan fingerprint density at radius 3 is 2.35 bits per heavy atom. The first-order chi connectivity index (χ1) is 14.8. The van der Waals surface area contributed by atoms with Crippen molar-refractivity contribution >= 4 is 38.9 Å². The molecule has 1 heterocycles. The number of ether oxygens (including phenoxy) is 1. The van der Waals surface area contributed by atoms with E-state index in [0.29, 0.717) is 49.2 Å². The van der Waals surface area contributed by atoms with Crippen LogP contribution >= 0.6 is 11.6 Å². The fourth-order valence-electron chi connectivity index (χ4n) is 3.44. The molecule has 0 saturated carbocycles. The van der Waals surface area contributed by atoms with E-state index >= 15 is 0 Å². The van der Waals surface area contributed by atoms with Crippen LogP contribution in [0.2, 0.25) is 5.02 Å². The maximum Gasteiger partial charge on any atom is 0.243 e. The van der Waals surface area contributed by atoms with Gasteiger partial charge in [-0.1, -0.05) is 24.6 Å². The van der Waals surface area contributed by atoms with Crippen LogP contribution in [0.3, 0.4) is 0 Å². The van der Waals surface area contributed by atoms with Crippen LogP contribution in [0.15, 0.2) is 48.5 Å². The van der Waals surface area contributed by atoms with Crippen LogP contribution in [0.5, 0.6) is 5.75 Å². The van der Waals surface area contributed by atoms with E-state index in [9.17, 15) is 13.2 Å². The number of hydrogen-bond acceptors (Lipinski definition) is 5. The summed E-state index contributed by atoms with van der Waals surface area (Å²) in [6, 6.07) is 14.4. The number of benzene rings is 2. The van der Waals surface area contributed by atoms with Gasteiger partial charge >= 0.3 is 0 Å². The Bertz CT molecular complexity index is 990. The number of carbonyl (C=O) groups excluding carboxylic acids is 1. The highest BCUT2D eigenvalue weighted by Gasteiger charge is 2.26. The van der Waals surface area contributed by atoms with Gasteiger partial charge in [-0.3, -0.25) is 9.10 Å². The molecule has 1 aliphatic heterocycles. The van der Waals surface area contributed by atoms with Gasteiger partial charge in [0.2, 0.25) is 15.9 Å². The third-order valence-corrected chi connectivity index (χ3v) is 6.46. The van der Waals surface area contributed by atoms with Gasteiger partial charge in [0.05, 0.1) is 18.6 Å². The van der Waals surface area contributed by atoms with Crippen LogP contribution in [0.1, 0.15) is 13.3 Å². The van der Waals surface area contributed by atoms with Crippen molar-refractivity contribution in [2.75, 3.05) is 54.8 Å². The molecule has 168 valence electrons. The molecule has 2 aromatic carbocycles. The molecular weight excluding hydrogens is 438 g/mol. The van der Waals surface area contributed by atoms with Crippen LogP contribution < -0.4 is 13.9 Å². The summed E-state index contributed by atoms with van der Waals surface area (Å²) in [5.41, 5.74) is 1.46. The molecule has 1 aliphatic rings. The van der Waals surface area contributed by atoms with Crippen molar-refractivity contribution < 1.29 is 17.9 Å². The molecule has 0 N–H and O–H groups in total. The van der Waals surface area contributed by atoms with Crippen LogP contribution in [0.4, 0.5) is 11.4 Å². The Morgan fingerprint density at radius 2 is 1.77 bits per heavy atom. The van der Waals surface area contributed by atoms with Gasteiger partial charge in [-0.2, -0.15) is 0 Å². The molecule has 2 aromatic rings. The van der Waals surface area contributed by atoms with Gasteiger partial charge in [0.25, 0.3) is 0 Å². The van der Waals surface area contributed by atoms with Gasteiger partial charge in [-0.05, 0) is 48.9 Å². The van der Waals surface area contributed by atoms with Gasteiger partial charge in [0.1, 0.15) is 12.3 Å². The minimum Gasteiger partial charge on any atom is -0.494 e. The Labute approximate surface area is 189 Å². The molecule has 1 saturated heterocycles. The number of anilines is 2. The van der Waals surface area contributed by atoms with Crippen molar-refractivity contribution in [1.29, 1.82) is 0 Å². The molecule has 0 aromatic heterocycles. The minimum atomic E-state index is -3.62. The SMILES string of the molecule is CCCOc1ccc(N(CC(=O)N2CCN(c3cccc(Cl)c3)CC2)S(C)(=O)=O)cc1. The number of carbonyl (C=O) groups is 1. The third kappa shape index (κ3) is 6.27. The highest BCUT2D eigenvalue weighted by molar-refractivity contribution is 7.92. The molecule has 0 radical (unpaired) electrons. The monoisotopic (exact) mass is 465 g/mol. The van der Waals surface area contributed by atoms with E-state index in [4.69, 9.17) is 16.3 Å². The molecule has 1 amide bonds. The fraction of sp³-hybridized carbons (Fsp3) is 0.409. The standard InChI is InChI=1S/C22H28ClN3O4S/c1-3-15-30-21-9-7-19(8-10-21)26(31(2,28)29)17-22(27)25-13-11-24(12-14-25)20-6-4-5-18(23)16-20/h4-10,16H,3,11-15,17H2,1-2H3. The van der Waals surface area contributed by atoms with E-state index in [1.807, 2.05) is 31.2 Å². The first-order valence-electron chi connectivity index (χ1n) is 10.3. The summed E-state index contributed by atoms with van der Waals surface area (Å²) in [4.78, 5) is 16.8. The predicted molar refractivity (Wildman–Crippen MR) is 125 cm³/mol. The lowest BCUT2D eigenvalue weighted by atomic mass is 10.2. The van der Waals surface area contributed by atoms with E-state index in [2.05, 4.69) is 4.90 Å². The summed E-state index contributed by atoms with van der Waals surface area (Å²) in [6.07, 6.45) is 2.00. The summed E-state index contributed by atoms with van der Waals surface area (Å²) in [5, 5.41) is 0.672. The first-order valence-corrected chi connectivity index (χ1v) is 12.5. The van der Waals surface area contributed by atoms with Crippen molar-refractivity contribution in [2.45, 2.75) is 13.3 Å². The summed E-state index contributed by atoms with van der Waals surface area (Å²) in [5.74, 6) is 0.449. The minimum absolute atomic E-state index is 0.220. The molecule has 0 aliphatic carbocycles. The van der Waals surface area contributed by atoms with Crippen LogP contribution in [0.25, 0.3) is 0 Å². The molecule has 3 rings (SSSR count). The Morgan fingerprint density at radius 1 is 1.10 bits per heavy atom. The topological polar surface area (TPSA) is 70.2 Å². The number of amides is 1. The second-order valence-electron chi connectivity index (χ2n) is 7.46. The van der Waals surface area contributed by atoms with E-state index in [-0.39, 0.29) is 12.5 Å². The number of nitrogens with zero attached hydrogens (tertiary/aromatic N) is 3. The van der Waals surface area contributed by atoms with Crippen molar-refractivity contribution in [2.24, 2.45) is 0 Å². The maximum absolute atomic E-state index is 12.9. The van der Waals surface area contributed by atoms with Crippen molar-refractivity contribution in [3.05, 3.63) is 53.6 Å². The van der Waals surface area contributed by atoms with E-state index in [0.717, 1.165) is 22.7 Å². The molecular formula is C22H28ClN3O4S. The number of rotatable bonds is 8. The first kappa shape index (κ1) is 23.2. The summed E-state index contributed by atoms with van der Waals surface area (Å²) >= 11 is 6.07. The molecule has 9 heteroatoms. The van der Waals surface area contributed by atoms with Gasteiger partial charge < -0.3 is 14.5 Å². The molecule has 7 nitrogen and oxygen atoms in total. The average molecular weight is 466 g/mol. The molecule has 31 heavy (non-hydrogen) atoms. The molecule has 0 unspecified atom stereocenters. The summed E-state index contributed by atoms with van der Waals surface area (Å²) < 4.78 is 31.4. The van der Waals surface area contributed by atoms with Gasteiger partial charge in [0.15, 0.2) is 0 Å². The van der Waals surface area contributed by atoms with E-state index < -0.39 is 10.0 Å². The van der Waals surface area contributed by atoms with E-state index in [1.165, 1.54) is 0 Å². The Balaban J connectivity index is 1.64. The van der Waals surface area contributed by atoms with Gasteiger partial charge in [-0.15, -0.1) is 0 Å². The zero-order valence-corrected chi connectivity index (χ0v) is 19.4. The number of halogens is 1. The lowest BCUT2D eigenvalue weighted by Crippen LogP contribution is -2.52. The quantitative estimate of drug-likeness (QED) is 0.598. The number of sulfonamides is 1. The zero-order valence-electron chi connectivity index (χ0n) is 17.8. The Hall–Kier alpha value is -2.45. The predicted octanol–water partition coefficient (Wildman–Crippen LogP) is 3.24. The lowest BCUT2D eigenvalue weighted by molar-refractivity contribution is -0.129. The smallest absolute Gasteiger partial charge is 0.243 e. The third-order valence-electron chi connectivity index (χ3n) is 5.08. The van der Waals surface area contributed by atoms with Crippen LogP contribution in [-0.2, 0) is 14.8 Å². The molecule has 1 fully saturated rings. The number of piperazine rings is 1. The highest BCUT2D eigenvalue weighted by atomic mass is 35.5. The second-order valence-corrected chi connectivity index (χ2v) is 9.80. The Kier molecular flexibility index (Phi) is 7.67. The normalized spacial score (nSPS) is 14.4. The van der Waals surface area contributed by atoms with Crippen LogP contribution in [0, 0.1) is 0 Å². The van der Waals surface area contributed by atoms with Crippen molar-refractivity contribution in [3.8, 4) is 5.75 Å². The average Bonchev–Trinajstić information content (AvgIpc) is 2.75. The van der Waals surface area contributed by atoms with E-state index in [1.54, 1.807) is 29.2 Å². The van der Waals surface area contributed by atoms with Crippen molar-refractivity contribution in [1.82, 2.24) is 4.90 Å². The lowest BCUT2D eigenvalue weighted by Gasteiger charge is -2.37. The molecule has 0 atom stereocenters. The largest absolute Gasteiger partial charge is 0.494 e.